The Kier molecular flexibility index (Phi) is 5.21. The molecule has 0 bridgehead atoms. The highest BCUT2D eigenvalue weighted by molar-refractivity contribution is 7.10. The van der Waals surface area contributed by atoms with Gasteiger partial charge < -0.3 is 10.1 Å². The Bertz CT molecular complexity index is 815. The van der Waals surface area contributed by atoms with Crippen LogP contribution in [0.4, 0.5) is 0 Å². The van der Waals surface area contributed by atoms with Crippen LogP contribution in [0.15, 0.2) is 41.1 Å². The number of rotatable bonds is 3. The number of allylic oxidation sites excluding steroid dienone is 2. The first kappa shape index (κ1) is 19.4. The Morgan fingerprint density at radius 1 is 1.25 bits per heavy atom. The Morgan fingerprint density at radius 2 is 2.00 bits per heavy atom. The molecule has 1 aliphatic heterocycles. The Balaban J connectivity index is 1.70. The SMILES string of the molecule is C=C1NC2=C(C(=O)CC(C)(C)C2)C(c2cccs2)C1C(=O)OC1CCCCC1. The van der Waals surface area contributed by atoms with Crippen LogP contribution in [0.5, 0.6) is 0 Å². The fourth-order valence-corrected chi connectivity index (χ4v) is 5.79. The third kappa shape index (κ3) is 3.69. The standard InChI is InChI=1S/C23H29NO3S/c1-14-19(22(26)27-15-8-5-4-6-9-15)21(18-10-7-11-28-18)20-16(24-14)12-23(2,3)13-17(20)25/h7,10-11,15,19,21,24H,1,4-6,8-9,12-13H2,2-3H3. The molecule has 2 heterocycles. The van der Waals surface area contributed by atoms with E-state index in [1.165, 1.54) is 6.42 Å². The van der Waals surface area contributed by atoms with Crippen molar-refractivity contribution in [2.45, 2.75) is 70.8 Å². The van der Waals surface area contributed by atoms with Crippen LogP contribution in [-0.4, -0.2) is 17.9 Å². The maximum absolute atomic E-state index is 13.2. The lowest BCUT2D eigenvalue weighted by Gasteiger charge is -2.42. The number of hydrogen-bond acceptors (Lipinski definition) is 5. The molecule has 2 aliphatic carbocycles. The average Bonchev–Trinajstić information content (AvgIpc) is 3.14. The predicted octanol–water partition coefficient (Wildman–Crippen LogP) is 5.08. The first-order valence-electron chi connectivity index (χ1n) is 10.3. The molecule has 0 amide bonds. The van der Waals surface area contributed by atoms with Crippen molar-refractivity contribution in [3.8, 4) is 0 Å². The van der Waals surface area contributed by atoms with E-state index in [-0.39, 0.29) is 29.2 Å². The molecule has 4 nitrogen and oxygen atoms in total. The Morgan fingerprint density at radius 3 is 2.68 bits per heavy atom. The van der Waals surface area contributed by atoms with Gasteiger partial charge >= 0.3 is 5.97 Å². The molecule has 150 valence electrons. The number of Topliss-reactive ketones (excluding diaryl/α,β-unsaturated/α-hetero) is 1. The lowest BCUT2D eigenvalue weighted by Crippen LogP contribution is -2.44. The van der Waals surface area contributed by atoms with Gasteiger partial charge in [-0.3, -0.25) is 9.59 Å². The van der Waals surface area contributed by atoms with Crippen LogP contribution in [0.25, 0.3) is 0 Å². The van der Waals surface area contributed by atoms with E-state index in [1.807, 2.05) is 17.5 Å². The van der Waals surface area contributed by atoms with Crippen LogP contribution in [0, 0.1) is 11.3 Å². The first-order chi connectivity index (χ1) is 13.4. The molecule has 0 saturated heterocycles. The number of carbonyl (C=O) groups excluding carboxylic acids is 2. The van der Waals surface area contributed by atoms with Crippen molar-refractivity contribution in [1.29, 1.82) is 0 Å². The fraction of sp³-hybridized carbons (Fsp3) is 0.565. The van der Waals surface area contributed by atoms with E-state index in [2.05, 4.69) is 25.7 Å². The highest BCUT2D eigenvalue weighted by Crippen LogP contribution is 2.49. The maximum Gasteiger partial charge on any atom is 0.316 e. The summed E-state index contributed by atoms with van der Waals surface area (Å²) in [5, 5.41) is 5.33. The normalized spacial score (nSPS) is 27.9. The molecular formula is C23H29NO3S. The number of hydrogen-bond donors (Lipinski definition) is 1. The van der Waals surface area contributed by atoms with Crippen molar-refractivity contribution >= 4 is 23.1 Å². The van der Waals surface area contributed by atoms with Gasteiger partial charge in [0.2, 0.25) is 0 Å². The molecule has 5 heteroatoms. The molecule has 28 heavy (non-hydrogen) atoms. The van der Waals surface area contributed by atoms with Gasteiger partial charge in [0.1, 0.15) is 12.0 Å². The number of carbonyl (C=O) groups is 2. The van der Waals surface area contributed by atoms with Crippen molar-refractivity contribution in [3.05, 3.63) is 45.9 Å². The van der Waals surface area contributed by atoms with Crippen molar-refractivity contribution in [3.63, 3.8) is 0 Å². The van der Waals surface area contributed by atoms with Crippen LogP contribution in [0.3, 0.4) is 0 Å². The highest BCUT2D eigenvalue weighted by Gasteiger charge is 2.47. The minimum absolute atomic E-state index is 0.00518. The molecule has 1 N–H and O–H groups in total. The van der Waals surface area contributed by atoms with Gasteiger partial charge in [0.15, 0.2) is 5.78 Å². The van der Waals surface area contributed by atoms with E-state index in [0.29, 0.717) is 12.1 Å². The number of esters is 1. The molecule has 2 unspecified atom stereocenters. The van der Waals surface area contributed by atoms with Gasteiger partial charge in [-0.2, -0.15) is 0 Å². The molecule has 0 radical (unpaired) electrons. The number of thiophene rings is 1. The largest absolute Gasteiger partial charge is 0.462 e. The van der Waals surface area contributed by atoms with Crippen LogP contribution in [-0.2, 0) is 14.3 Å². The van der Waals surface area contributed by atoms with E-state index < -0.39 is 5.92 Å². The van der Waals surface area contributed by atoms with Crippen molar-refractivity contribution < 1.29 is 14.3 Å². The quantitative estimate of drug-likeness (QED) is 0.720. The second-order valence-corrected chi connectivity index (χ2v) is 10.1. The molecule has 1 aromatic rings. The Labute approximate surface area is 171 Å². The zero-order valence-electron chi connectivity index (χ0n) is 16.8. The van der Waals surface area contributed by atoms with Gasteiger partial charge in [0, 0.05) is 34.2 Å². The molecule has 3 aliphatic rings. The molecule has 4 rings (SSSR count). The summed E-state index contributed by atoms with van der Waals surface area (Å²) in [4.78, 5) is 27.4. The van der Waals surface area contributed by atoms with Crippen molar-refractivity contribution in [1.82, 2.24) is 5.32 Å². The summed E-state index contributed by atoms with van der Waals surface area (Å²) in [5.41, 5.74) is 2.27. The van der Waals surface area contributed by atoms with Crippen LogP contribution >= 0.6 is 11.3 Å². The number of nitrogens with one attached hydrogen (secondary N) is 1. The molecule has 0 aromatic carbocycles. The summed E-state index contributed by atoms with van der Waals surface area (Å²) >= 11 is 1.59. The third-order valence-electron chi connectivity index (χ3n) is 6.19. The second-order valence-electron chi connectivity index (χ2n) is 9.15. The summed E-state index contributed by atoms with van der Waals surface area (Å²) in [7, 11) is 0. The smallest absolute Gasteiger partial charge is 0.316 e. The fourth-order valence-electron chi connectivity index (χ4n) is 4.92. The van der Waals surface area contributed by atoms with Gasteiger partial charge in [-0.1, -0.05) is 32.9 Å². The van der Waals surface area contributed by atoms with Gasteiger partial charge in [0.05, 0.1) is 0 Å². The lowest BCUT2D eigenvalue weighted by molar-refractivity contribution is -0.154. The van der Waals surface area contributed by atoms with Crippen LogP contribution in [0.1, 0.15) is 69.6 Å². The summed E-state index contributed by atoms with van der Waals surface area (Å²) in [6, 6.07) is 4.00. The molecule has 1 fully saturated rings. The van der Waals surface area contributed by atoms with Gasteiger partial charge in [0.25, 0.3) is 0 Å². The zero-order chi connectivity index (χ0) is 19.9. The lowest BCUT2D eigenvalue weighted by atomic mass is 9.68. The molecule has 1 saturated carbocycles. The number of ether oxygens (including phenoxy) is 1. The monoisotopic (exact) mass is 399 g/mol. The molecule has 2 atom stereocenters. The van der Waals surface area contributed by atoms with E-state index in [9.17, 15) is 9.59 Å². The van der Waals surface area contributed by atoms with Crippen LogP contribution < -0.4 is 5.32 Å². The minimum atomic E-state index is -0.551. The molecule has 1 aromatic heterocycles. The average molecular weight is 400 g/mol. The summed E-state index contributed by atoms with van der Waals surface area (Å²) in [6.45, 7) is 8.41. The van der Waals surface area contributed by atoms with E-state index in [0.717, 1.165) is 48.3 Å². The third-order valence-corrected chi connectivity index (χ3v) is 7.15. The Hall–Kier alpha value is -1.88. The topological polar surface area (TPSA) is 55.4 Å². The first-order valence-corrected chi connectivity index (χ1v) is 11.2. The van der Waals surface area contributed by atoms with E-state index in [4.69, 9.17) is 4.74 Å². The highest BCUT2D eigenvalue weighted by atomic mass is 32.1. The minimum Gasteiger partial charge on any atom is -0.462 e. The van der Waals surface area contributed by atoms with Gasteiger partial charge in [-0.25, -0.2) is 0 Å². The molecular weight excluding hydrogens is 370 g/mol. The number of ketones is 1. The second kappa shape index (κ2) is 7.51. The predicted molar refractivity (Wildman–Crippen MR) is 111 cm³/mol. The van der Waals surface area contributed by atoms with Crippen molar-refractivity contribution in [2.24, 2.45) is 11.3 Å². The van der Waals surface area contributed by atoms with Crippen LogP contribution in [0.2, 0.25) is 0 Å². The maximum atomic E-state index is 13.2. The van der Waals surface area contributed by atoms with Gasteiger partial charge in [-0.15, -0.1) is 11.3 Å². The zero-order valence-corrected chi connectivity index (χ0v) is 17.6. The molecule has 0 spiro atoms. The van der Waals surface area contributed by atoms with Gasteiger partial charge in [-0.05, 0) is 49.0 Å². The van der Waals surface area contributed by atoms with E-state index in [1.54, 1.807) is 11.3 Å². The van der Waals surface area contributed by atoms with Crippen molar-refractivity contribution in [2.75, 3.05) is 0 Å². The summed E-state index contributed by atoms with van der Waals surface area (Å²) in [6.07, 6.45) is 6.59. The van der Waals surface area contributed by atoms with E-state index >= 15 is 0 Å². The summed E-state index contributed by atoms with van der Waals surface area (Å²) < 4.78 is 5.92. The summed E-state index contributed by atoms with van der Waals surface area (Å²) in [5.74, 6) is -0.944.